The second-order valence-corrected chi connectivity index (χ2v) is 5.57. The van der Waals surface area contributed by atoms with Crippen molar-refractivity contribution in [3.05, 3.63) is 57.5 Å². The summed E-state index contributed by atoms with van der Waals surface area (Å²) in [5, 5.41) is 0.681. The average molecular weight is 337 g/mol. The fourth-order valence-electron chi connectivity index (χ4n) is 2.08. The zero-order valence-electron chi connectivity index (χ0n) is 9.98. The van der Waals surface area contributed by atoms with Gasteiger partial charge in [0.2, 0.25) is 5.95 Å². The smallest absolute Gasteiger partial charge is 0.201 e. The lowest BCUT2D eigenvalue weighted by molar-refractivity contribution is 0.835. The van der Waals surface area contributed by atoms with Crippen molar-refractivity contribution < 1.29 is 0 Å². The predicted octanol–water partition coefficient (Wildman–Crippen LogP) is 4.08. The standard InChI is InChI=1S/C14H11BrClN3/c15-11-4-2-1-3-9(11)8-19-13-7-10(16)5-6-12(13)18-14(19)17/h1-7H,8H2,(H2,17,18). The first-order valence-electron chi connectivity index (χ1n) is 5.80. The molecule has 96 valence electrons. The summed E-state index contributed by atoms with van der Waals surface area (Å²) in [6, 6.07) is 13.6. The Bertz CT molecular complexity index is 752. The summed E-state index contributed by atoms with van der Waals surface area (Å²) < 4.78 is 3.01. The molecule has 3 aromatic rings. The van der Waals surface area contributed by atoms with Gasteiger partial charge in [-0.15, -0.1) is 0 Å². The van der Waals surface area contributed by atoms with E-state index in [1.165, 1.54) is 0 Å². The Labute approximate surface area is 124 Å². The monoisotopic (exact) mass is 335 g/mol. The third-order valence-corrected chi connectivity index (χ3v) is 4.03. The highest BCUT2D eigenvalue weighted by atomic mass is 79.9. The summed E-state index contributed by atoms with van der Waals surface area (Å²) in [6.45, 7) is 0.657. The molecule has 3 nitrogen and oxygen atoms in total. The lowest BCUT2D eigenvalue weighted by Crippen LogP contribution is -2.05. The Morgan fingerprint density at radius 3 is 2.79 bits per heavy atom. The van der Waals surface area contributed by atoms with Crippen LogP contribution in [-0.4, -0.2) is 9.55 Å². The number of hydrogen-bond acceptors (Lipinski definition) is 2. The minimum Gasteiger partial charge on any atom is -0.369 e. The first kappa shape index (κ1) is 12.5. The van der Waals surface area contributed by atoms with Crippen LogP contribution in [-0.2, 0) is 6.54 Å². The fraction of sp³-hybridized carbons (Fsp3) is 0.0714. The Morgan fingerprint density at radius 1 is 1.21 bits per heavy atom. The van der Waals surface area contributed by atoms with E-state index in [2.05, 4.69) is 27.0 Å². The van der Waals surface area contributed by atoms with Crippen LogP contribution in [0.5, 0.6) is 0 Å². The molecule has 1 aromatic heterocycles. The molecular weight excluding hydrogens is 326 g/mol. The van der Waals surface area contributed by atoms with Crippen molar-refractivity contribution in [3.8, 4) is 0 Å². The molecule has 0 saturated heterocycles. The van der Waals surface area contributed by atoms with Gasteiger partial charge in [0.15, 0.2) is 0 Å². The number of rotatable bonds is 2. The highest BCUT2D eigenvalue weighted by Gasteiger charge is 2.10. The molecule has 2 N–H and O–H groups in total. The molecule has 0 fully saturated rings. The molecule has 5 heteroatoms. The van der Waals surface area contributed by atoms with Crippen molar-refractivity contribution in [1.29, 1.82) is 0 Å². The number of nitrogens with two attached hydrogens (primary N) is 1. The number of fused-ring (bicyclic) bond motifs is 1. The maximum absolute atomic E-state index is 6.04. The zero-order valence-corrected chi connectivity index (χ0v) is 12.3. The van der Waals surface area contributed by atoms with Crippen LogP contribution in [0.2, 0.25) is 5.02 Å². The van der Waals surface area contributed by atoms with Gasteiger partial charge in [-0.25, -0.2) is 4.98 Å². The Morgan fingerprint density at radius 2 is 2.00 bits per heavy atom. The van der Waals surface area contributed by atoms with Gasteiger partial charge in [-0.05, 0) is 29.8 Å². The van der Waals surface area contributed by atoms with Crippen LogP contribution in [0.15, 0.2) is 46.9 Å². The molecule has 3 rings (SSSR count). The van der Waals surface area contributed by atoms with Gasteiger partial charge >= 0.3 is 0 Å². The van der Waals surface area contributed by atoms with Crippen molar-refractivity contribution in [3.63, 3.8) is 0 Å². The first-order chi connectivity index (χ1) is 9.15. The van der Waals surface area contributed by atoms with Crippen LogP contribution in [0.1, 0.15) is 5.56 Å². The molecule has 0 aliphatic heterocycles. The van der Waals surface area contributed by atoms with Gasteiger partial charge in [-0.1, -0.05) is 45.7 Å². The van der Waals surface area contributed by atoms with Crippen molar-refractivity contribution in [2.45, 2.75) is 6.54 Å². The van der Waals surface area contributed by atoms with Crippen molar-refractivity contribution >= 4 is 44.5 Å². The molecule has 0 amide bonds. The van der Waals surface area contributed by atoms with Gasteiger partial charge in [-0.3, -0.25) is 0 Å². The summed E-state index contributed by atoms with van der Waals surface area (Å²) in [4.78, 5) is 4.35. The molecular formula is C14H11BrClN3. The molecule has 0 aliphatic rings. The molecule has 0 bridgehead atoms. The molecule has 0 saturated carbocycles. The Balaban J connectivity index is 2.12. The van der Waals surface area contributed by atoms with Crippen molar-refractivity contribution in [2.24, 2.45) is 0 Å². The molecule has 2 aromatic carbocycles. The molecule has 0 unspecified atom stereocenters. The lowest BCUT2D eigenvalue weighted by Gasteiger charge is -2.08. The summed E-state index contributed by atoms with van der Waals surface area (Å²) in [5.74, 6) is 0.494. The number of nitrogen functional groups attached to an aromatic ring is 1. The topological polar surface area (TPSA) is 43.8 Å². The van der Waals surface area contributed by atoms with E-state index in [9.17, 15) is 0 Å². The highest BCUT2D eigenvalue weighted by molar-refractivity contribution is 9.10. The normalized spacial score (nSPS) is 11.1. The minimum absolute atomic E-state index is 0.494. The summed E-state index contributed by atoms with van der Waals surface area (Å²) in [5.41, 5.74) is 8.94. The van der Waals surface area contributed by atoms with Gasteiger partial charge in [0.1, 0.15) is 0 Å². The van der Waals surface area contributed by atoms with E-state index in [4.69, 9.17) is 17.3 Å². The first-order valence-corrected chi connectivity index (χ1v) is 6.97. The number of nitrogens with zero attached hydrogens (tertiary/aromatic N) is 2. The maximum Gasteiger partial charge on any atom is 0.201 e. The van der Waals surface area contributed by atoms with Crippen molar-refractivity contribution in [1.82, 2.24) is 9.55 Å². The molecule has 0 atom stereocenters. The second kappa shape index (κ2) is 4.87. The second-order valence-electron chi connectivity index (χ2n) is 4.28. The van der Waals surface area contributed by atoms with E-state index in [-0.39, 0.29) is 0 Å². The van der Waals surface area contributed by atoms with Gasteiger partial charge in [0.25, 0.3) is 0 Å². The molecule has 1 heterocycles. The van der Waals surface area contributed by atoms with Gasteiger partial charge in [-0.2, -0.15) is 0 Å². The summed E-state index contributed by atoms with van der Waals surface area (Å²) >= 11 is 9.59. The maximum atomic E-state index is 6.04. The summed E-state index contributed by atoms with van der Waals surface area (Å²) in [6.07, 6.45) is 0. The van der Waals surface area contributed by atoms with Crippen LogP contribution in [0.4, 0.5) is 5.95 Å². The number of halogens is 2. The number of anilines is 1. The third kappa shape index (κ3) is 2.33. The third-order valence-electron chi connectivity index (χ3n) is 3.03. The van der Waals surface area contributed by atoms with Crippen LogP contribution in [0.3, 0.4) is 0 Å². The van der Waals surface area contributed by atoms with Crippen LogP contribution >= 0.6 is 27.5 Å². The Kier molecular flexibility index (Phi) is 3.21. The molecule has 0 aliphatic carbocycles. The van der Waals surface area contributed by atoms with Crippen LogP contribution in [0, 0.1) is 0 Å². The predicted molar refractivity (Wildman–Crippen MR) is 82.4 cm³/mol. The van der Waals surface area contributed by atoms with Crippen molar-refractivity contribution in [2.75, 3.05) is 5.73 Å². The number of benzene rings is 2. The van der Waals surface area contributed by atoms with E-state index < -0.39 is 0 Å². The van der Waals surface area contributed by atoms with E-state index >= 15 is 0 Å². The molecule has 0 spiro atoms. The van der Waals surface area contributed by atoms with Gasteiger partial charge < -0.3 is 10.3 Å². The number of imidazole rings is 1. The van der Waals surface area contributed by atoms with Crippen LogP contribution < -0.4 is 5.73 Å². The Hall–Kier alpha value is -1.52. The largest absolute Gasteiger partial charge is 0.369 e. The molecule has 19 heavy (non-hydrogen) atoms. The van der Waals surface area contributed by atoms with E-state index in [0.717, 1.165) is 21.1 Å². The van der Waals surface area contributed by atoms with Gasteiger partial charge in [0.05, 0.1) is 17.6 Å². The average Bonchev–Trinajstić information content (AvgIpc) is 2.69. The fourth-order valence-corrected chi connectivity index (χ4v) is 2.65. The van der Waals surface area contributed by atoms with Gasteiger partial charge in [0, 0.05) is 9.50 Å². The zero-order chi connectivity index (χ0) is 13.4. The highest BCUT2D eigenvalue weighted by Crippen LogP contribution is 2.25. The van der Waals surface area contributed by atoms with E-state index in [1.807, 2.05) is 41.0 Å². The number of aromatic nitrogens is 2. The SMILES string of the molecule is Nc1nc2ccc(Cl)cc2n1Cc1ccccc1Br. The number of hydrogen-bond donors (Lipinski definition) is 1. The molecule has 0 radical (unpaired) electrons. The quantitative estimate of drug-likeness (QED) is 0.766. The van der Waals surface area contributed by atoms with Crippen LogP contribution in [0.25, 0.3) is 11.0 Å². The summed E-state index contributed by atoms with van der Waals surface area (Å²) in [7, 11) is 0. The lowest BCUT2D eigenvalue weighted by atomic mass is 10.2. The van der Waals surface area contributed by atoms with E-state index in [1.54, 1.807) is 0 Å². The van der Waals surface area contributed by atoms with E-state index in [0.29, 0.717) is 17.5 Å². The minimum atomic E-state index is 0.494.